The molecule has 0 heterocycles. The van der Waals surface area contributed by atoms with E-state index in [1.54, 1.807) is 0 Å². The number of rotatable bonds is 8. The van der Waals surface area contributed by atoms with Gasteiger partial charge in [0, 0.05) is 6.54 Å². The smallest absolute Gasteiger partial charge is 0.119 e. The van der Waals surface area contributed by atoms with E-state index in [-0.39, 0.29) is 12.4 Å². The van der Waals surface area contributed by atoms with Gasteiger partial charge in [-0.2, -0.15) is 0 Å². The van der Waals surface area contributed by atoms with E-state index in [4.69, 9.17) is 4.74 Å². The molecule has 0 unspecified atom stereocenters. The van der Waals surface area contributed by atoms with Gasteiger partial charge in [-0.05, 0) is 53.4 Å². The van der Waals surface area contributed by atoms with Crippen LogP contribution in [-0.4, -0.2) is 20.2 Å². The zero-order valence-electron chi connectivity index (χ0n) is 16.5. The zero-order chi connectivity index (χ0) is 18.9. The van der Waals surface area contributed by atoms with E-state index in [1.165, 1.54) is 27.8 Å². The molecule has 0 aliphatic carbocycles. The fourth-order valence-electron chi connectivity index (χ4n) is 3.27. The lowest BCUT2D eigenvalue weighted by Gasteiger charge is -2.17. The third-order valence-electron chi connectivity index (χ3n) is 4.60. The van der Waals surface area contributed by atoms with Gasteiger partial charge in [-0.25, -0.2) is 0 Å². The Morgan fingerprint density at radius 2 is 1.29 bits per heavy atom. The summed E-state index contributed by atoms with van der Waals surface area (Å²) in [6.07, 6.45) is 0.967. The molecule has 0 saturated carbocycles. The second kappa shape index (κ2) is 11.3. The molecule has 3 rings (SSSR count). The van der Waals surface area contributed by atoms with Crippen LogP contribution in [0.25, 0.3) is 11.1 Å². The first-order valence-corrected chi connectivity index (χ1v) is 9.55. The molecule has 0 atom stereocenters. The number of allylic oxidation sites excluding steroid dienone is 1. The number of ether oxygens (including phenoxy) is 1. The Morgan fingerprint density at radius 1 is 0.750 bits per heavy atom. The van der Waals surface area contributed by atoms with Crippen molar-refractivity contribution in [1.29, 1.82) is 0 Å². The molecule has 3 aromatic rings. The van der Waals surface area contributed by atoms with Crippen molar-refractivity contribution in [3.8, 4) is 5.75 Å². The topological polar surface area (TPSA) is 21.3 Å². The van der Waals surface area contributed by atoms with Crippen LogP contribution in [0, 0.1) is 0 Å². The van der Waals surface area contributed by atoms with Crippen LogP contribution in [0.2, 0.25) is 0 Å². The average molecular weight is 394 g/mol. The molecule has 28 heavy (non-hydrogen) atoms. The number of hydrogen-bond donors (Lipinski definition) is 1. The lowest BCUT2D eigenvalue weighted by atomic mass is 9.88. The van der Waals surface area contributed by atoms with Crippen LogP contribution < -0.4 is 10.1 Å². The van der Waals surface area contributed by atoms with Gasteiger partial charge in [-0.15, -0.1) is 12.4 Å². The van der Waals surface area contributed by atoms with E-state index in [0.717, 1.165) is 18.7 Å². The van der Waals surface area contributed by atoms with Gasteiger partial charge in [0.05, 0.1) is 0 Å². The number of nitrogens with one attached hydrogen (secondary N) is 1. The van der Waals surface area contributed by atoms with Crippen molar-refractivity contribution in [2.45, 2.75) is 13.3 Å². The first kappa shape index (κ1) is 21.7. The van der Waals surface area contributed by atoms with E-state index >= 15 is 0 Å². The third-order valence-corrected chi connectivity index (χ3v) is 4.60. The van der Waals surface area contributed by atoms with Crippen molar-refractivity contribution >= 4 is 23.6 Å². The predicted molar refractivity (Wildman–Crippen MR) is 122 cm³/mol. The van der Waals surface area contributed by atoms with Crippen molar-refractivity contribution in [3.05, 3.63) is 102 Å². The summed E-state index contributed by atoms with van der Waals surface area (Å²) in [7, 11) is 1.93. The molecular weight excluding hydrogens is 366 g/mol. The molecule has 0 radical (unpaired) electrons. The van der Waals surface area contributed by atoms with Gasteiger partial charge >= 0.3 is 0 Å². The first-order valence-electron chi connectivity index (χ1n) is 9.55. The van der Waals surface area contributed by atoms with E-state index in [1.807, 2.05) is 7.05 Å². The van der Waals surface area contributed by atoms with Gasteiger partial charge in [-0.3, -0.25) is 0 Å². The first-order chi connectivity index (χ1) is 13.3. The van der Waals surface area contributed by atoms with E-state index in [0.29, 0.717) is 6.61 Å². The lowest BCUT2D eigenvalue weighted by Crippen LogP contribution is -2.15. The molecule has 0 bridgehead atoms. The molecule has 0 fully saturated rings. The van der Waals surface area contributed by atoms with Crippen LogP contribution >= 0.6 is 12.4 Å². The number of hydrogen-bond acceptors (Lipinski definition) is 2. The summed E-state index contributed by atoms with van der Waals surface area (Å²) < 4.78 is 5.78. The molecule has 2 nitrogen and oxygen atoms in total. The molecule has 1 N–H and O–H groups in total. The normalized spacial score (nSPS) is 11.4. The van der Waals surface area contributed by atoms with Crippen LogP contribution in [0.5, 0.6) is 5.75 Å². The minimum absolute atomic E-state index is 0. The Kier molecular flexibility index (Phi) is 8.80. The summed E-state index contributed by atoms with van der Waals surface area (Å²) in [6.45, 7) is 3.73. The Balaban J connectivity index is 0.00000280. The predicted octanol–water partition coefficient (Wildman–Crippen LogP) is 6.08. The van der Waals surface area contributed by atoms with Crippen molar-refractivity contribution in [3.63, 3.8) is 0 Å². The highest BCUT2D eigenvalue weighted by molar-refractivity contribution is 5.98. The summed E-state index contributed by atoms with van der Waals surface area (Å²) in [5.74, 6) is 0.902. The van der Waals surface area contributed by atoms with Gasteiger partial charge in [0.2, 0.25) is 0 Å². The van der Waals surface area contributed by atoms with Gasteiger partial charge in [0.15, 0.2) is 0 Å². The largest absolute Gasteiger partial charge is 0.492 e. The fraction of sp³-hybridized carbons (Fsp3) is 0.200. The quantitative estimate of drug-likeness (QED) is 0.370. The molecular formula is C25H28ClNO. The molecule has 0 aliphatic heterocycles. The van der Waals surface area contributed by atoms with Crippen molar-refractivity contribution in [1.82, 2.24) is 5.32 Å². The Hall–Kier alpha value is -2.55. The van der Waals surface area contributed by atoms with Gasteiger partial charge in [-0.1, -0.05) is 79.7 Å². The van der Waals surface area contributed by atoms with E-state index < -0.39 is 0 Å². The van der Waals surface area contributed by atoms with Crippen LogP contribution in [0.3, 0.4) is 0 Å². The van der Waals surface area contributed by atoms with Crippen LogP contribution in [0.1, 0.15) is 30.0 Å². The zero-order valence-corrected chi connectivity index (χ0v) is 17.3. The van der Waals surface area contributed by atoms with Crippen LogP contribution in [0.15, 0.2) is 84.9 Å². The van der Waals surface area contributed by atoms with Gasteiger partial charge < -0.3 is 10.1 Å². The molecule has 0 saturated heterocycles. The minimum atomic E-state index is 0. The highest BCUT2D eigenvalue weighted by Gasteiger charge is 2.12. The number of halogens is 1. The standard InChI is InChI=1S/C25H27NO.ClH/c1-3-24(20-10-6-4-7-11-20)25(21-12-8-5-9-13-21)22-14-16-23(17-15-22)27-19-18-26-2;/h4-17,26H,3,18-19H2,1-2H3;1H. The second-order valence-electron chi connectivity index (χ2n) is 6.42. The summed E-state index contributed by atoms with van der Waals surface area (Å²) in [6, 6.07) is 29.7. The maximum absolute atomic E-state index is 5.78. The summed E-state index contributed by atoms with van der Waals surface area (Å²) in [5, 5.41) is 3.10. The molecule has 3 aromatic carbocycles. The maximum Gasteiger partial charge on any atom is 0.119 e. The minimum Gasteiger partial charge on any atom is -0.492 e. The lowest BCUT2D eigenvalue weighted by molar-refractivity contribution is 0.318. The highest BCUT2D eigenvalue weighted by Crippen LogP contribution is 2.34. The van der Waals surface area contributed by atoms with Crippen LogP contribution in [-0.2, 0) is 0 Å². The van der Waals surface area contributed by atoms with Crippen molar-refractivity contribution < 1.29 is 4.74 Å². The molecule has 0 aromatic heterocycles. The molecule has 0 amide bonds. The third kappa shape index (κ3) is 5.48. The van der Waals surface area contributed by atoms with E-state index in [9.17, 15) is 0 Å². The molecule has 0 spiro atoms. The number of benzene rings is 3. The highest BCUT2D eigenvalue weighted by atomic mass is 35.5. The second-order valence-corrected chi connectivity index (χ2v) is 6.42. The Morgan fingerprint density at radius 3 is 1.82 bits per heavy atom. The molecule has 0 aliphatic rings. The van der Waals surface area contributed by atoms with Crippen molar-refractivity contribution in [2.75, 3.05) is 20.2 Å². The summed E-state index contributed by atoms with van der Waals surface area (Å²) >= 11 is 0. The SMILES string of the molecule is CCC(=C(c1ccccc1)c1ccc(OCCNC)cc1)c1ccccc1.Cl. The number of likely N-dealkylation sites (N-methyl/N-ethyl adjacent to an activating group) is 1. The van der Waals surface area contributed by atoms with E-state index in [2.05, 4.69) is 97.2 Å². The Bertz CT molecular complexity index is 858. The molecule has 146 valence electrons. The van der Waals surface area contributed by atoms with Gasteiger partial charge in [0.25, 0.3) is 0 Å². The average Bonchev–Trinajstić information content (AvgIpc) is 2.74. The molecule has 3 heteroatoms. The maximum atomic E-state index is 5.78. The Labute approximate surface area is 174 Å². The van der Waals surface area contributed by atoms with Gasteiger partial charge in [0.1, 0.15) is 12.4 Å². The fourth-order valence-corrected chi connectivity index (χ4v) is 3.27. The van der Waals surface area contributed by atoms with Crippen LogP contribution in [0.4, 0.5) is 0 Å². The monoisotopic (exact) mass is 393 g/mol. The summed E-state index contributed by atoms with van der Waals surface area (Å²) in [4.78, 5) is 0. The van der Waals surface area contributed by atoms with Crippen molar-refractivity contribution in [2.24, 2.45) is 0 Å². The summed E-state index contributed by atoms with van der Waals surface area (Å²) in [5.41, 5.74) is 6.36.